The Bertz CT molecular complexity index is 713. The van der Waals surface area contributed by atoms with Gasteiger partial charge in [0.15, 0.2) is 0 Å². The van der Waals surface area contributed by atoms with E-state index in [0.29, 0.717) is 17.1 Å². The minimum absolute atomic E-state index is 0.0588. The molecule has 2 aromatic rings. The Labute approximate surface area is 147 Å². The first-order valence-corrected chi connectivity index (χ1v) is 8.45. The first-order valence-electron chi connectivity index (χ1n) is 8.45. The lowest BCUT2D eigenvalue weighted by molar-refractivity contribution is -0.120. The summed E-state index contributed by atoms with van der Waals surface area (Å²) < 4.78 is 6.48. The van der Waals surface area contributed by atoms with Crippen LogP contribution in [0.1, 0.15) is 39.5 Å². The van der Waals surface area contributed by atoms with Crippen molar-refractivity contribution in [1.29, 1.82) is 0 Å². The zero-order valence-corrected chi connectivity index (χ0v) is 14.6. The maximum absolute atomic E-state index is 12.4. The summed E-state index contributed by atoms with van der Waals surface area (Å²) in [6, 6.07) is 4.72. The van der Waals surface area contributed by atoms with E-state index in [1.807, 2.05) is 6.92 Å². The van der Waals surface area contributed by atoms with Crippen molar-refractivity contribution < 1.29 is 14.3 Å². The molecule has 0 aliphatic carbocycles. The number of rotatable bonds is 7. The molecule has 0 radical (unpaired) electrons. The van der Waals surface area contributed by atoms with E-state index in [0.717, 1.165) is 25.7 Å². The molecule has 0 spiro atoms. The van der Waals surface area contributed by atoms with Gasteiger partial charge in [0.1, 0.15) is 12.1 Å². The Morgan fingerprint density at radius 3 is 2.80 bits per heavy atom. The van der Waals surface area contributed by atoms with Gasteiger partial charge in [-0.2, -0.15) is 0 Å². The van der Waals surface area contributed by atoms with Crippen LogP contribution in [0.25, 0.3) is 0 Å². The highest BCUT2D eigenvalue weighted by Gasteiger charge is 2.17. The van der Waals surface area contributed by atoms with Crippen LogP contribution < -0.4 is 15.8 Å². The average molecular weight is 344 g/mol. The van der Waals surface area contributed by atoms with Crippen molar-refractivity contribution in [3.8, 4) is 5.75 Å². The normalized spacial score (nSPS) is 11.8. The van der Waals surface area contributed by atoms with Crippen molar-refractivity contribution in [3.63, 3.8) is 0 Å². The lowest BCUT2D eigenvalue weighted by Crippen LogP contribution is -2.23. The van der Waals surface area contributed by atoms with Gasteiger partial charge in [0.25, 0.3) is 0 Å². The van der Waals surface area contributed by atoms with Gasteiger partial charge < -0.3 is 15.8 Å². The number of carbonyl (C=O) groups is 2. The fourth-order valence-electron chi connectivity index (χ4n) is 2.43. The molecule has 134 valence electrons. The number of imidazole rings is 1. The molecule has 3 N–H and O–H groups in total. The number of nitrogens with two attached hydrogens (primary N) is 1. The summed E-state index contributed by atoms with van der Waals surface area (Å²) >= 11 is 0. The Morgan fingerprint density at radius 2 is 2.16 bits per heavy atom. The van der Waals surface area contributed by atoms with Crippen molar-refractivity contribution in [1.82, 2.24) is 9.55 Å². The molecular weight excluding hydrogens is 320 g/mol. The fraction of sp³-hybridized carbons (Fsp3) is 0.389. The molecule has 1 unspecified atom stereocenters. The molecule has 7 heteroatoms. The third-order valence-corrected chi connectivity index (χ3v) is 3.97. The first-order chi connectivity index (χ1) is 12.0. The predicted octanol–water partition coefficient (Wildman–Crippen LogP) is 3.67. The minimum atomic E-state index is -0.589. The second-order valence-corrected chi connectivity index (χ2v) is 5.82. The quantitative estimate of drug-likeness (QED) is 0.747. The Hall–Kier alpha value is -2.83. The van der Waals surface area contributed by atoms with Crippen LogP contribution in [0.3, 0.4) is 0 Å². The highest BCUT2D eigenvalue weighted by atomic mass is 16.6. The van der Waals surface area contributed by atoms with Gasteiger partial charge in [0.05, 0.1) is 11.4 Å². The van der Waals surface area contributed by atoms with Crippen LogP contribution in [-0.2, 0) is 4.79 Å². The third-order valence-electron chi connectivity index (χ3n) is 3.97. The van der Waals surface area contributed by atoms with Crippen LogP contribution in [0.4, 0.5) is 16.2 Å². The van der Waals surface area contributed by atoms with Gasteiger partial charge >= 0.3 is 6.09 Å². The lowest BCUT2D eigenvalue weighted by atomic mass is 9.98. The van der Waals surface area contributed by atoms with Crippen LogP contribution in [0, 0.1) is 5.92 Å². The monoisotopic (exact) mass is 344 g/mol. The summed E-state index contributed by atoms with van der Waals surface area (Å²) in [5.41, 5.74) is 6.79. The number of benzene rings is 1. The van der Waals surface area contributed by atoms with Gasteiger partial charge in [-0.15, -0.1) is 0 Å². The maximum Gasteiger partial charge on any atom is 0.424 e. The average Bonchev–Trinajstić information content (AvgIpc) is 3.13. The van der Waals surface area contributed by atoms with E-state index in [9.17, 15) is 9.59 Å². The van der Waals surface area contributed by atoms with Crippen LogP contribution in [0.15, 0.2) is 36.9 Å². The van der Waals surface area contributed by atoms with E-state index in [2.05, 4.69) is 17.2 Å². The molecule has 0 fully saturated rings. The second kappa shape index (κ2) is 8.86. The molecule has 7 nitrogen and oxygen atoms in total. The maximum atomic E-state index is 12.4. The summed E-state index contributed by atoms with van der Waals surface area (Å²) in [6.07, 6.45) is 7.39. The van der Waals surface area contributed by atoms with Gasteiger partial charge in [-0.1, -0.05) is 26.7 Å². The molecule has 2 rings (SSSR count). The van der Waals surface area contributed by atoms with Crippen molar-refractivity contribution in [2.75, 3.05) is 11.1 Å². The number of nitrogens with zero attached hydrogens (tertiary/aromatic N) is 2. The van der Waals surface area contributed by atoms with Crippen molar-refractivity contribution in [3.05, 3.63) is 36.9 Å². The number of hydrogen-bond donors (Lipinski definition) is 2. The molecule has 1 aromatic carbocycles. The molecule has 1 atom stereocenters. The number of anilines is 2. The van der Waals surface area contributed by atoms with Crippen molar-refractivity contribution in [2.45, 2.75) is 39.5 Å². The van der Waals surface area contributed by atoms with Crippen molar-refractivity contribution in [2.24, 2.45) is 5.92 Å². The minimum Gasteiger partial charge on any atom is -0.410 e. The van der Waals surface area contributed by atoms with E-state index >= 15 is 0 Å². The van der Waals surface area contributed by atoms with Crippen molar-refractivity contribution >= 4 is 23.4 Å². The summed E-state index contributed by atoms with van der Waals surface area (Å²) in [4.78, 5) is 28.2. The van der Waals surface area contributed by atoms with Gasteiger partial charge in [-0.3, -0.25) is 4.79 Å². The number of nitrogens with one attached hydrogen (secondary N) is 1. The third kappa shape index (κ3) is 5.07. The largest absolute Gasteiger partial charge is 0.424 e. The molecule has 1 aromatic heterocycles. The Morgan fingerprint density at radius 1 is 1.36 bits per heavy atom. The highest BCUT2D eigenvalue weighted by molar-refractivity contribution is 5.95. The van der Waals surface area contributed by atoms with E-state index < -0.39 is 6.09 Å². The number of carbonyl (C=O) groups excluding carboxylic acids is 2. The standard InChI is InChI=1S/C18H24N4O3/c1-3-5-6-13(4-2)17(23)21-16-11-14(7-8-15(16)19)25-18(24)22-10-9-20-12-22/h7-13H,3-6,19H2,1-2H3,(H,21,23). The summed E-state index contributed by atoms with van der Waals surface area (Å²) in [5.74, 6) is 0.169. The molecule has 1 amide bonds. The lowest BCUT2D eigenvalue weighted by Gasteiger charge is -2.16. The van der Waals surface area contributed by atoms with E-state index in [1.165, 1.54) is 23.3 Å². The fourth-order valence-corrected chi connectivity index (χ4v) is 2.43. The van der Waals surface area contributed by atoms with E-state index in [4.69, 9.17) is 10.5 Å². The van der Waals surface area contributed by atoms with E-state index in [1.54, 1.807) is 18.2 Å². The summed E-state index contributed by atoms with van der Waals surface area (Å²) in [6.45, 7) is 4.09. The number of amides is 1. The summed E-state index contributed by atoms with van der Waals surface area (Å²) in [7, 11) is 0. The zero-order chi connectivity index (χ0) is 18.2. The smallest absolute Gasteiger partial charge is 0.410 e. The van der Waals surface area contributed by atoms with Crippen LogP contribution in [-0.4, -0.2) is 21.6 Å². The van der Waals surface area contributed by atoms with E-state index in [-0.39, 0.29) is 11.8 Å². The molecule has 0 aliphatic rings. The zero-order valence-electron chi connectivity index (χ0n) is 14.6. The van der Waals surface area contributed by atoms with Gasteiger partial charge in [0.2, 0.25) is 5.91 Å². The molecule has 0 aliphatic heterocycles. The number of nitrogen functional groups attached to an aromatic ring is 1. The topological polar surface area (TPSA) is 99.2 Å². The summed E-state index contributed by atoms with van der Waals surface area (Å²) in [5, 5.41) is 2.84. The Balaban J connectivity index is 2.07. The highest BCUT2D eigenvalue weighted by Crippen LogP contribution is 2.26. The Kier molecular flexibility index (Phi) is 6.56. The number of unbranched alkanes of at least 4 members (excludes halogenated alkanes) is 1. The first kappa shape index (κ1) is 18.5. The molecule has 0 saturated heterocycles. The number of ether oxygens (including phenoxy) is 1. The SMILES string of the molecule is CCCCC(CC)C(=O)Nc1cc(OC(=O)n2ccnc2)ccc1N. The van der Waals surface area contributed by atoms with Gasteiger partial charge in [-0.25, -0.2) is 14.3 Å². The molecule has 1 heterocycles. The van der Waals surface area contributed by atoms with Gasteiger partial charge in [-0.05, 0) is 25.0 Å². The number of hydrogen-bond acceptors (Lipinski definition) is 5. The second-order valence-electron chi connectivity index (χ2n) is 5.82. The van der Waals surface area contributed by atoms with Crippen LogP contribution in [0.5, 0.6) is 5.75 Å². The van der Waals surface area contributed by atoms with Gasteiger partial charge in [0, 0.05) is 24.4 Å². The predicted molar refractivity (Wildman–Crippen MR) is 96.4 cm³/mol. The van der Waals surface area contributed by atoms with Crippen LogP contribution >= 0.6 is 0 Å². The molecule has 25 heavy (non-hydrogen) atoms. The molecule has 0 saturated carbocycles. The molecule has 0 bridgehead atoms. The van der Waals surface area contributed by atoms with Crippen LogP contribution in [0.2, 0.25) is 0 Å². The number of aromatic nitrogens is 2. The molecular formula is C18H24N4O3.